The van der Waals surface area contributed by atoms with Crippen molar-refractivity contribution < 1.29 is 4.79 Å². The fraction of sp³-hybridized carbons (Fsp3) is 0.455. The maximum absolute atomic E-state index is 11.7. The van der Waals surface area contributed by atoms with Crippen molar-refractivity contribution in [1.29, 1.82) is 0 Å². The lowest BCUT2D eigenvalue weighted by molar-refractivity contribution is -0.117. The molecule has 1 aliphatic carbocycles. The van der Waals surface area contributed by atoms with E-state index in [-0.39, 0.29) is 11.8 Å². The predicted octanol–water partition coefficient (Wildman–Crippen LogP) is 1.05. The summed E-state index contributed by atoms with van der Waals surface area (Å²) in [5.74, 6) is 1.13. The van der Waals surface area contributed by atoms with Crippen molar-refractivity contribution in [3.05, 3.63) is 31.6 Å². The largest absolute Gasteiger partial charge is 0.297 e. The highest BCUT2D eigenvalue weighted by atomic mass is 16.1. The lowest BCUT2D eigenvalue weighted by atomic mass is 10.0. The van der Waals surface area contributed by atoms with Crippen molar-refractivity contribution in [3.8, 4) is 0 Å². The SMILES string of the molecule is CC(C)N1CC1C(=O)[C]1[CH][CH][CH][CH]1. The Labute approximate surface area is 80.3 Å². The summed E-state index contributed by atoms with van der Waals surface area (Å²) in [5, 5.41) is 0. The Balaban J connectivity index is 1.85. The standard InChI is InChI=1S/C11H14NO/c1-8(2)12-7-10(12)11(13)9-5-3-4-6-9/h3-6,8,10H,7H2,1-2H3. The topological polar surface area (TPSA) is 20.1 Å². The van der Waals surface area contributed by atoms with Gasteiger partial charge in [-0.2, -0.15) is 0 Å². The Morgan fingerprint density at radius 2 is 2.08 bits per heavy atom. The van der Waals surface area contributed by atoms with Crippen LogP contribution >= 0.6 is 0 Å². The van der Waals surface area contributed by atoms with Gasteiger partial charge >= 0.3 is 0 Å². The Kier molecular flexibility index (Phi) is 2.41. The molecule has 0 aromatic carbocycles. The maximum atomic E-state index is 11.7. The molecule has 0 amide bonds. The van der Waals surface area contributed by atoms with Crippen LogP contribution in [0, 0.1) is 31.6 Å². The molecule has 1 saturated heterocycles. The zero-order chi connectivity index (χ0) is 9.42. The first-order chi connectivity index (χ1) is 6.20. The van der Waals surface area contributed by atoms with E-state index in [1.165, 1.54) is 0 Å². The van der Waals surface area contributed by atoms with E-state index in [0.717, 1.165) is 12.5 Å². The minimum atomic E-state index is 0.155. The van der Waals surface area contributed by atoms with Crippen molar-refractivity contribution in [1.82, 2.24) is 4.90 Å². The number of ketones is 1. The smallest absolute Gasteiger partial charge is 0.159 e. The van der Waals surface area contributed by atoms with Crippen molar-refractivity contribution in [2.75, 3.05) is 6.54 Å². The van der Waals surface area contributed by atoms with Crippen LogP contribution in [0.5, 0.6) is 0 Å². The molecule has 2 fully saturated rings. The van der Waals surface area contributed by atoms with E-state index in [1.807, 2.05) is 25.7 Å². The molecule has 0 bridgehead atoms. The first kappa shape index (κ1) is 9.20. The van der Waals surface area contributed by atoms with E-state index in [4.69, 9.17) is 0 Å². The molecular weight excluding hydrogens is 162 g/mol. The summed E-state index contributed by atoms with van der Waals surface area (Å²) in [7, 11) is 0. The Hall–Kier alpha value is -0.370. The number of nitrogens with zero attached hydrogens (tertiary/aromatic N) is 1. The van der Waals surface area contributed by atoms with Crippen LogP contribution in [-0.4, -0.2) is 29.3 Å². The minimum Gasteiger partial charge on any atom is -0.297 e. The van der Waals surface area contributed by atoms with Crippen LogP contribution in [0.3, 0.4) is 0 Å². The van der Waals surface area contributed by atoms with Crippen molar-refractivity contribution in [2.45, 2.75) is 25.9 Å². The van der Waals surface area contributed by atoms with Gasteiger partial charge in [0.1, 0.15) is 0 Å². The van der Waals surface area contributed by atoms with Crippen molar-refractivity contribution in [2.24, 2.45) is 0 Å². The third-order valence-corrected chi connectivity index (χ3v) is 2.56. The van der Waals surface area contributed by atoms with Crippen molar-refractivity contribution in [3.63, 3.8) is 0 Å². The van der Waals surface area contributed by atoms with Gasteiger partial charge in [-0.05, 0) is 39.5 Å². The molecule has 2 atom stereocenters. The summed E-state index contributed by atoms with van der Waals surface area (Å²) in [6.07, 6.45) is 7.60. The summed E-state index contributed by atoms with van der Waals surface area (Å²) in [5.41, 5.74) is 0. The number of hydrogen-bond acceptors (Lipinski definition) is 2. The second kappa shape index (κ2) is 3.41. The predicted molar refractivity (Wildman–Crippen MR) is 51.1 cm³/mol. The fourth-order valence-electron chi connectivity index (χ4n) is 1.69. The Morgan fingerprint density at radius 1 is 1.46 bits per heavy atom. The zero-order valence-corrected chi connectivity index (χ0v) is 8.03. The highest BCUT2D eigenvalue weighted by Gasteiger charge is 2.44. The summed E-state index contributed by atoms with van der Waals surface area (Å²) in [6.45, 7) is 5.18. The van der Waals surface area contributed by atoms with E-state index >= 15 is 0 Å². The number of carbonyl (C=O) groups is 1. The number of Topliss-reactive ketones (excluding diaryl/α,β-unsaturated/α-hetero) is 1. The molecule has 0 spiro atoms. The highest BCUT2D eigenvalue weighted by molar-refractivity contribution is 6.03. The third kappa shape index (κ3) is 1.78. The average molecular weight is 176 g/mol. The molecule has 2 aliphatic rings. The molecule has 0 aromatic rings. The Bertz CT molecular complexity index is 206. The molecule has 5 radical (unpaired) electrons. The van der Waals surface area contributed by atoms with Gasteiger partial charge in [0, 0.05) is 12.6 Å². The monoisotopic (exact) mass is 176 g/mol. The van der Waals surface area contributed by atoms with Crippen LogP contribution in [-0.2, 0) is 4.79 Å². The van der Waals surface area contributed by atoms with Gasteiger partial charge in [0.15, 0.2) is 5.78 Å². The third-order valence-electron chi connectivity index (χ3n) is 2.56. The molecule has 1 aliphatic heterocycles. The van der Waals surface area contributed by atoms with Crippen LogP contribution < -0.4 is 0 Å². The first-order valence-electron chi connectivity index (χ1n) is 4.72. The molecule has 2 heteroatoms. The Morgan fingerprint density at radius 3 is 2.54 bits per heavy atom. The van der Waals surface area contributed by atoms with Gasteiger partial charge < -0.3 is 0 Å². The van der Waals surface area contributed by atoms with E-state index in [9.17, 15) is 4.79 Å². The quantitative estimate of drug-likeness (QED) is 0.599. The molecule has 2 nitrogen and oxygen atoms in total. The van der Waals surface area contributed by atoms with Crippen LogP contribution in [0.1, 0.15) is 13.8 Å². The molecule has 13 heavy (non-hydrogen) atoms. The van der Waals surface area contributed by atoms with Gasteiger partial charge in [-0.1, -0.05) is 0 Å². The molecule has 1 saturated carbocycles. The van der Waals surface area contributed by atoms with E-state index in [0.29, 0.717) is 6.04 Å². The average Bonchev–Trinajstić information content (AvgIpc) is 2.72. The van der Waals surface area contributed by atoms with Gasteiger partial charge in [0.05, 0.1) is 12.0 Å². The van der Waals surface area contributed by atoms with Gasteiger partial charge in [-0.25, -0.2) is 0 Å². The van der Waals surface area contributed by atoms with Crippen LogP contribution in [0.15, 0.2) is 0 Å². The summed E-state index contributed by atoms with van der Waals surface area (Å²) >= 11 is 0. The van der Waals surface area contributed by atoms with Crippen LogP contribution in [0.2, 0.25) is 0 Å². The molecule has 0 N–H and O–H groups in total. The second-order valence-electron chi connectivity index (χ2n) is 3.84. The molecule has 2 unspecified atom stereocenters. The highest BCUT2D eigenvalue weighted by Crippen LogP contribution is 2.31. The molecule has 1 heterocycles. The normalized spacial score (nSPS) is 34.1. The molecule has 0 aromatic heterocycles. The number of hydrogen-bond donors (Lipinski definition) is 0. The molecule has 2 rings (SSSR count). The lowest BCUT2D eigenvalue weighted by Crippen LogP contribution is -2.22. The van der Waals surface area contributed by atoms with E-state index in [2.05, 4.69) is 18.7 Å². The molecular formula is C11H14NO. The van der Waals surface area contributed by atoms with Crippen molar-refractivity contribution >= 4 is 5.78 Å². The fourth-order valence-corrected chi connectivity index (χ4v) is 1.69. The summed E-state index contributed by atoms with van der Waals surface area (Å²) < 4.78 is 0. The van der Waals surface area contributed by atoms with Gasteiger partial charge in [0.2, 0.25) is 0 Å². The van der Waals surface area contributed by atoms with E-state index in [1.54, 1.807) is 0 Å². The molecule has 69 valence electrons. The van der Waals surface area contributed by atoms with Gasteiger partial charge in [-0.3, -0.25) is 9.69 Å². The van der Waals surface area contributed by atoms with Crippen LogP contribution in [0.25, 0.3) is 0 Å². The minimum absolute atomic E-state index is 0.155. The number of rotatable bonds is 3. The number of carbonyl (C=O) groups excluding carboxylic acids is 1. The van der Waals surface area contributed by atoms with Gasteiger partial charge in [-0.15, -0.1) is 0 Å². The summed E-state index contributed by atoms with van der Waals surface area (Å²) in [4.78, 5) is 13.9. The second-order valence-corrected chi connectivity index (χ2v) is 3.84. The summed E-state index contributed by atoms with van der Waals surface area (Å²) in [6, 6.07) is 0.645. The maximum Gasteiger partial charge on any atom is 0.159 e. The lowest BCUT2D eigenvalue weighted by Gasteiger charge is -2.09. The van der Waals surface area contributed by atoms with E-state index < -0.39 is 0 Å². The zero-order valence-electron chi connectivity index (χ0n) is 8.03. The van der Waals surface area contributed by atoms with Gasteiger partial charge in [0.25, 0.3) is 0 Å². The van der Waals surface area contributed by atoms with Crippen LogP contribution in [0.4, 0.5) is 0 Å². The first-order valence-corrected chi connectivity index (χ1v) is 4.72.